The van der Waals surface area contributed by atoms with E-state index in [-0.39, 0.29) is 99.9 Å². The van der Waals surface area contributed by atoms with Crippen LogP contribution in [0.3, 0.4) is 0 Å². The van der Waals surface area contributed by atoms with E-state index in [0.717, 1.165) is 0 Å². The van der Waals surface area contributed by atoms with Gasteiger partial charge in [-0.15, -0.1) is 0 Å². The number of benzene rings is 2. The number of azide groups is 1. The van der Waals surface area contributed by atoms with Crippen LogP contribution in [0.1, 0.15) is 57.1 Å². The van der Waals surface area contributed by atoms with Crippen molar-refractivity contribution in [3.05, 3.63) is 80.2 Å². The fraction of sp³-hybridized carbons (Fsp3) is 0.500. The summed E-state index contributed by atoms with van der Waals surface area (Å²) in [4.78, 5) is 87.8. The highest BCUT2D eigenvalue weighted by atomic mass is 16.7. The van der Waals surface area contributed by atoms with Crippen molar-refractivity contribution in [2.75, 3.05) is 39.5 Å². The van der Waals surface area contributed by atoms with Crippen LogP contribution in [0.5, 0.6) is 5.75 Å². The molecular formula is C36H47N7O12. The van der Waals surface area contributed by atoms with Crippen LogP contribution in [0.2, 0.25) is 0 Å². The van der Waals surface area contributed by atoms with Gasteiger partial charge in [0.2, 0.25) is 5.91 Å². The molecule has 0 fully saturated rings. The molecule has 0 aromatic heterocycles. The predicted molar refractivity (Wildman–Crippen MR) is 196 cm³/mol. The number of carbonyl (C=O) groups excluding carboxylic acids is 6. The number of nitrogens with zero attached hydrogens (tertiary/aromatic N) is 4. The first-order valence-electron chi connectivity index (χ1n) is 17.5. The summed E-state index contributed by atoms with van der Waals surface area (Å²) in [6.07, 6.45) is -0.139. The largest absolute Gasteiger partial charge is 0.514 e. The Hall–Kier alpha value is -5.91. The third-order valence-electron chi connectivity index (χ3n) is 7.94. The van der Waals surface area contributed by atoms with E-state index in [1.807, 2.05) is 0 Å². The molecular weight excluding hydrogens is 722 g/mol. The fourth-order valence-electron chi connectivity index (χ4n) is 5.00. The van der Waals surface area contributed by atoms with Gasteiger partial charge in [0, 0.05) is 61.9 Å². The fourth-order valence-corrected chi connectivity index (χ4v) is 5.00. The molecule has 2 aromatic carbocycles. The number of ketones is 3. The van der Waals surface area contributed by atoms with Gasteiger partial charge in [0.15, 0.2) is 17.3 Å². The van der Waals surface area contributed by atoms with Gasteiger partial charge in [0.25, 0.3) is 5.69 Å². The number of nitro groups is 1. The Bertz CT molecular complexity index is 1650. The zero-order chi connectivity index (χ0) is 40.6. The Morgan fingerprint density at radius 3 is 2.24 bits per heavy atom. The first-order chi connectivity index (χ1) is 26.3. The molecule has 19 nitrogen and oxygen atoms in total. The third-order valence-corrected chi connectivity index (χ3v) is 7.94. The second-order valence-electron chi connectivity index (χ2n) is 12.6. The quantitative estimate of drug-likeness (QED) is 0.0168. The summed E-state index contributed by atoms with van der Waals surface area (Å²) in [5.41, 5.74) is 14.4. The molecule has 0 spiro atoms. The molecule has 0 aliphatic heterocycles. The number of hydrogen-bond donors (Lipinski definition) is 3. The number of non-ortho nitro benzene ring substituents is 1. The summed E-state index contributed by atoms with van der Waals surface area (Å²) in [6, 6.07) is 9.83. The molecule has 0 unspecified atom stereocenters. The molecule has 2 aromatic rings. The standard InChI is InChI=1S/C36H47N7O12/c1-24(2)31(20-29(45)23-53-22-28(44)5-4-17-52-18-16-40-42-38)34(47)41-32(6-3-15-39-35(37)48)33(46)19-25-7-9-26(10-8-25)21-54-36(49)55-30-13-11-27(12-14-30)43(50)51/h7-14,24,31-32H,3-6,15-23H2,1-2H3,(H,41,47)(H3,37,39,48)/t31-,32-/m0/s1. The van der Waals surface area contributed by atoms with Crippen molar-refractivity contribution < 1.29 is 52.6 Å². The number of ether oxygens (including phenoxy) is 4. The summed E-state index contributed by atoms with van der Waals surface area (Å²) in [5, 5.41) is 19.4. The zero-order valence-electron chi connectivity index (χ0n) is 30.8. The number of primary amides is 1. The molecule has 0 saturated carbocycles. The van der Waals surface area contributed by atoms with Crippen molar-refractivity contribution in [3.63, 3.8) is 0 Å². The van der Waals surface area contributed by atoms with Gasteiger partial charge in [-0.1, -0.05) is 43.2 Å². The molecule has 0 bridgehead atoms. The van der Waals surface area contributed by atoms with Crippen LogP contribution in [0.25, 0.3) is 10.4 Å². The molecule has 298 valence electrons. The molecule has 55 heavy (non-hydrogen) atoms. The molecule has 19 heteroatoms. The lowest BCUT2D eigenvalue weighted by molar-refractivity contribution is -0.384. The smallest absolute Gasteiger partial charge is 0.429 e. The molecule has 0 aliphatic carbocycles. The molecule has 0 radical (unpaired) electrons. The Kier molecular flexibility index (Phi) is 20.7. The molecule has 2 atom stereocenters. The molecule has 3 amide bonds. The van der Waals surface area contributed by atoms with Gasteiger partial charge in [0.1, 0.15) is 25.6 Å². The lowest BCUT2D eigenvalue weighted by Gasteiger charge is -2.24. The Balaban J connectivity index is 1.91. The maximum Gasteiger partial charge on any atom is 0.514 e. The van der Waals surface area contributed by atoms with Crippen LogP contribution >= 0.6 is 0 Å². The van der Waals surface area contributed by atoms with Gasteiger partial charge in [0.05, 0.1) is 17.6 Å². The average Bonchev–Trinajstić information content (AvgIpc) is 3.14. The van der Waals surface area contributed by atoms with Crippen LogP contribution in [0, 0.1) is 22.0 Å². The van der Waals surface area contributed by atoms with E-state index < -0.39 is 35.0 Å². The SMILES string of the molecule is CC(C)[C@H](CC(=O)COCC(=O)CCCOCCN=[N+]=[N-])C(=O)N[C@@H](CCCNC(N)=O)C(=O)Cc1ccc(COC(=O)Oc2ccc([N+](=O)[O-])cc2)cc1. The normalized spacial score (nSPS) is 11.8. The van der Waals surface area contributed by atoms with Crippen molar-refractivity contribution in [1.82, 2.24) is 10.6 Å². The van der Waals surface area contributed by atoms with Crippen LogP contribution in [-0.4, -0.2) is 85.9 Å². The number of nitrogens with one attached hydrogen (secondary N) is 2. The zero-order valence-corrected chi connectivity index (χ0v) is 30.8. The van der Waals surface area contributed by atoms with E-state index in [4.69, 9.17) is 30.2 Å². The van der Waals surface area contributed by atoms with E-state index in [1.165, 1.54) is 24.3 Å². The van der Waals surface area contributed by atoms with Crippen molar-refractivity contribution in [3.8, 4) is 5.75 Å². The first kappa shape index (κ1) is 45.2. The minimum atomic E-state index is -1.02. The lowest BCUT2D eigenvalue weighted by Crippen LogP contribution is -2.46. The minimum Gasteiger partial charge on any atom is -0.429 e. The lowest BCUT2D eigenvalue weighted by atomic mass is 9.89. The number of nitrogens with two attached hydrogens (primary N) is 1. The topological polar surface area (TPSA) is 281 Å². The summed E-state index contributed by atoms with van der Waals surface area (Å²) < 4.78 is 20.7. The summed E-state index contributed by atoms with van der Waals surface area (Å²) >= 11 is 0. The highest BCUT2D eigenvalue weighted by Crippen LogP contribution is 2.19. The summed E-state index contributed by atoms with van der Waals surface area (Å²) in [6.45, 7) is 3.67. The van der Waals surface area contributed by atoms with Crippen molar-refractivity contribution in [1.29, 1.82) is 0 Å². The van der Waals surface area contributed by atoms with Gasteiger partial charge < -0.3 is 35.3 Å². The number of hydrogen-bond acceptors (Lipinski definition) is 13. The van der Waals surface area contributed by atoms with Gasteiger partial charge in [-0.3, -0.25) is 29.3 Å². The molecule has 0 aliphatic rings. The van der Waals surface area contributed by atoms with E-state index in [9.17, 15) is 38.9 Å². The summed E-state index contributed by atoms with van der Waals surface area (Å²) in [7, 11) is 0. The van der Waals surface area contributed by atoms with Gasteiger partial charge >= 0.3 is 12.2 Å². The maximum atomic E-state index is 13.5. The second-order valence-corrected chi connectivity index (χ2v) is 12.6. The Morgan fingerprint density at radius 1 is 0.927 bits per heavy atom. The number of carbonyl (C=O) groups is 6. The van der Waals surface area contributed by atoms with Gasteiger partial charge in [-0.05, 0) is 54.0 Å². The van der Waals surface area contributed by atoms with E-state index in [1.54, 1.807) is 38.1 Å². The van der Waals surface area contributed by atoms with E-state index >= 15 is 0 Å². The van der Waals surface area contributed by atoms with E-state index in [0.29, 0.717) is 30.6 Å². The molecule has 2 rings (SSSR count). The number of urea groups is 1. The monoisotopic (exact) mass is 769 g/mol. The maximum absolute atomic E-state index is 13.5. The highest BCUT2D eigenvalue weighted by Gasteiger charge is 2.29. The molecule has 0 heterocycles. The number of rotatable bonds is 27. The van der Waals surface area contributed by atoms with Gasteiger partial charge in [-0.25, -0.2) is 9.59 Å². The van der Waals surface area contributed by atoms with Crippen LogP contribution < -0.4 is 21.1 Å². The van der Waals surface area contributed by atoms with Crippen LogP contribution in [-0.2, 0) is 46.4 Å². The van der Waals surface area contributed by atoms with Crippen molar-refractivity contribution >= 4 is 41.1 Å². The van der Waals surface area contributed by atoms with Crippen molar-refractivity contribution in [2.45, 2.75) is 65.0 Å². The minimum absolute atomic E-state index is 0.0630. The van der Waals surface area contributed by atoms with Crippen molar-refractivity contribution in [2.24, 2.45) is 22.7 Å². The number of amides is 3. The number of nitro benzene ring substituents is 1. The molecule has 4 N–H and O–H groups in total. The van der Waals surface area contributed by atoms with E-state index in [2.05, 4.69) is 20.7 Å². The van der Waals surface area contributed by atoms with Crippen LogP contribution in [0.4, 0.5) is 15.3 Å². The Morgan fingerprint density at radius 2 is 1.60 bits per heavy atom. The first-order valence-corrected chi connectivity index (χ1v) is 17.5. The van der Waals surface area contributed by atoms with Crippen LogP contribution in [0.15, 0.2) is 53.6 Å². The summed E-state index contributed by atoms with van der Waals surface area (Å²) in [5.74, 6) is -2.44. The second kappa shape index (κ2) is 25.2. The number of Topliss-reactive ketones (excluding diaryl/α,β-unsaturated/α-hetero) is 3. The average molecular weight is 770 g/mol. The Labute approximate surface area is 317 Å². The predicted octanol–water partition coefficient (Wildman–Crippen LogP) is 4.28. The van der Waals surface area contributed by atoms with Gasteiger partial charge in [-0.2, -0.15) is 0 Å². The highest BCUT2D eigenvalue weighted by molar-refractivity contribution is 5.93. The third kappa shape index (κ3) is 19.1. The molecule has 0 saturated heterocycles.